The highest BCUT2D eigenvalue weighted by Gasteiger charge is 2.26. The summed E-state index contributed by atoms with van der Waals surface area (Å²) in [7, 11) is 0. The fraction of sp³-hybridized carbons (Fsp3) is 0.529. The van der Waals surface area contributed by atoms with Crippen LogP contribution in [0.4, 0.5) is 15.0 Å². The van der Waals surface area contributed by atoms with Gasteiger partial charge in [0.25, 0.3) is 0 Å². The van der Waals surface area contributed by atoms with Gasteiger partial charge < -0.3 is 14.5 Å². The van der Waals surface area contributed by atoms with Gasteiger partial charge in [0.15, 0.2) is 10.8 Å². The largest absolute Gasteiger partial charge is 0.444 e. The topological polar surface area (TPSA) is 71.5 Å². The molecule has 0 aliphatic carbocycles. The third-order valence-electron chi connectivity index (χ3n) is 3.82. The van der Waals surface area contributed by atoms with Crippen molar-refractivity contribution < 1.29 is 13.9 Å². The van der Waals surface area contributed by atoms with Gasteiger partial charge in [0.1, 0.15) is 22.1 Å². The maximum Gasteiger partial charge on any atom is 0.410 e. The van der Waals surface area contributed by atoms with Crippen LogP contribution in [0.25, 0.3) is 10.7 Å². The monoisotopic (exact) mass is 379 g/mol. The minimum atomic E-state index is -0.512. The second kappa shape index (κ2) is 7.14. The number of hydrogen-bond donors (Lipinski definition) is 0. The summed E-state index contributed by atoms with van der Waals surface area (Å²) in [6, 6.07) is 3.05. The summed E-state index contributed by atoms with van der Waals surface area (Å²) in [5.41, 5.74) is -0.302. The van der Waals surface area contributed by atoms with Crippen molar-refractivity contribution in [1.29, 1.82) is 0 Å². The van der Waals surface area contributed by atoms with Gasteiger partial charge in [0.2, 0.25) is 0 Å². The number of amides is 1. The lowest BCUT2D eigenvalue weighted by Crippen LogP contribution is -2.50. The Morgan fingerprint density at radius 2 is 1.88 bits per heavy atom. The van der Waals surface area contributed by atoms with E-state index in [2.05, 4.69) is 15.2 Å². The number of carbonyl (C=O) groups excluding carboxylic acids is 1. The molecule has 9 heteroatoms. The second-order valence-electron chi connectivity index (χ2n) is 7.08. The van der Waals surface area contributed by atoms with Crippen molar-refractivity contribution in [1.82, 2.24) is 20.1 Å². The number of halogens is 1. The quantitative estimate of drug-likeness (QED) is 0.798. The Kier molecular flexibility index (Phi) is 5.08. The van der Waals surface area contributed by atoms with E-state index in [4.69, 9.17) is 4.74 Å². The maximum atomic E-state index is 14.1. The molecule has 1 fully saturated rings. The number of ether oxygens (including phenoxy) is 1. The number of carbonyl (C=O) groups is 1. The van der Waals surface area contributed by atoms with Crippen LogP contribution in [0.2, 0.25) is 0 Å². The molecule has 2 aromatic rings. The Bertz CT molecular complexity index is 797. The number of anilines is 1. The van der Waals surface area contributed by atoms with Gasteiger partial charge in [0, 0.05) is 26.2 Å². The average molecular weight is 379 g/mol. The Morgan fingerprint density at radius 3 is 2.46 bits per heavy atom. The fourth-order valence-electron chi connectivity index (χ4n) is 2.59. The van der Waals surface area contributed by atoms with E-state index in [1.165, 1.54) is 17.4 Å². The first-order chi connectivity index (χ1) is 12.2. The van der Waals surface area contributed by atoms with Gasteiger partial charge in [0.05, 0.1) is 0 Å². The van der Waals surface area contributed by atoms with Crippen LogP contribution in [0.1, 0.15) is 25.8 Å². The third-order valence-corrected chi connectivity index (χ3v) is 4.66. The SMILES string of the molecule is Cc1nnc(-c2nc(N3CCN(C(=O)OC(C)(C)C)CC3)ccc2F)s1. The number of hydrogen-bond acceptors (Lipinski definition) is 7. The van der Waals surface area contributed by atoms with Crippen LogP contribution < -0.4 is 4.90 Å². The van der Waals surface area contributed by atoms with Gasteiger partial charge in [-0.25, -0.2) is 14.2 Å². The zero-order chi connectivity index (χ0) is 18.9. The van der Waals surface area contributed by atoms with Crippen LogP contribution in [0.15, 0.2) is 12.1 Å². The lowest BCUT2D eigenvalue weighted by molar-refractivity contribution is 0.0240. The first kappa shape index (κ1) is 18.5. The molecule has 140 valence electrons. The molecule has 0 atom stereocenters. The van der Waals surface area contributed by atoms with E-state index in [1.54, 1.807) is 11.0 Å². The lowest BCUT2D eigenvalue weighted by atomic mass is 10.2. The van der Waals surface area contributed by atoms with Gasteiger partial charge in [-0.05, 0) is 39.8 Å². The summed E-state index contributed by atoms with van der Waals surface area (Å²) in [5, 5.41) is 9.13. The Hall–Kier alpha value is -2.29. The molecule has 0 radical (unpaired) electrons. The van der Waals surface area contributed by atoms with E-state index < -0.39 is 11.4 Å². The molecule has 3 rings (SSSR count). The van der Waals surface area contributed by atoms with E-state index in [1.807, 2.05) is 32.6 Å². The fourth-order valence-corrected chi connectivity index (χ4v) is 3.28. The van der Waals surface area contributed by atoms with Crippen LogP contribution >= 0.6 is 11.3 Å². The molecule has 1 aliphatic rings. The normalized spacial score (nSPS) is 15.3. The number of pyridine rings is 1. The summed E-state index contributed by atoms with van der Waals surface area (Å²) in [5.74, 6) is 0.246. The van der Waals surface area contributed by atoms with Crippen LogP contribution in [0.3, 0.4) is 0 Å². The molecule has 0 spiro atoms. The molecule has 1 aliphatic heterocycles. The van der Waals surface area contributed by atoms with Gasteiger partial charge >= 0.3 is 6.09 Å². The van der Waals surface area contributed by atoms with Crippen molar-refractivity contribution in [2.24, 2.45) is 0 Å². The van der Waals surface area contributed by atoms with Gasteiger partial charge in [-0.3, -0.25) is 0 Å². The molecule has 1 amide bonds. The van der Waals surface area contributed by atoms with Gasteiger partial charge in [-0.1, -0.05) is 11.3 Å². The third kappa shape index (κ3) is 4.27. The summed E-state index contributed by atoms with van der Waals surface area (Å²) in [4.78, 5) is 20.3. The predicted octanol–water partition coefficient (Wildman–Crippen LogP) is 3.10. The summed E-state index contributed by atoms with van der Waals surface area (Å²) < 4.78 is 19.5. The van der Waals surface area contributed by atoms with E-state index in [0.717, 1.165) is 5.01 Å². The average Bonchev–Trinajstić information content (AvgIpc) is 3.00. The molecule has 26 heavy (non-hydrogen) atoms. The molecule has 0 aromatic carbocycles. The number of piperazine rings is 1. The highest BCUT2D eigenvalue weighted by molar-refractivity contribution is 7.14. The molecular formula is C17H22FN5O2S. The lowest BCUT2D eigenvalue weighted by Gasteiger charge is -2.36. The number of rotatable bonds is 2. The number of aromatic nitrogens is 3. The minimum Gasteiger partial charge on any atom is -0.444 e. The molecule has 0 saturated carbocycles. The molecule has 2 aromatic heterocycles. The van der Waals surface area contributed by atoms with Crippen molar-refractivity contribution in [2.75, 3.05) is 31.1 Å². The minimum absolute atomic E-state index is 0.211. The van der Waals surface area contributed by atoms with Crippen LogP contribution in [0.5, 0.6) is 0 Å². The summed E-state index contributed by atoms with van der Waals surface area (Å²) in [6.45, 7) is 9.63. The van der Waals surface area contributed by atoms with E-state index >= 15 is 0 Å². The zero-order valence-corrected chi connectivity index (χ0v) is 16.1. The van der Waals surface area contributed by atoms with Crippen LogP contribution in [-0.4, -0.2) is 58.0 Å². The van der Waals surface area contributed by atoms with E-state index in [0.29, 0.717) is 37.0 Å². The van der Waals surface area contributed by atoms with Crippen molar-refractivity contribution in [2.45, 2.75) is 33.3 Å². The number of aryl methyl sites for hydroxylation is 1. The highest BCUT2D eigenvalue weighted by atomic mass is 32.1. The summed E-state index contributed by atoms with van der Waals surface area (Å²) >= 11 is 1.31. The van der Waals surface area contributed by atoms with Crippen molar-refractivity contribution in [3.63, 3.8) is 0 Å². The summed E-state index contributed by atoms with van der Waals surface area (Å²) in [6.07, 6.45) is -0.311. The van der Waals surface area contributed by atoms with E-state index in [9.17, 15) is 9.18 Å². The molecule has 0 unspecified atom stereocenters. The highest BCUT2D eigenvalue weighted by Crippen LogP contribution is 2.27. The predicted molar refractivity (Wildman–Crippen MR) is 97.9 cm³/mol. The van der Waals surface area contributed by atoms with Gasteiger partial charge in [-0.15, -0.1) is 10.2 Å². The first-order valence-corrected chi connectivity index (χ1v) is 9.24. The number of nitrogens with zero attached hydrogens (tertiary/aromatic N) is 5. The van der Waals surface area contributed by atoms with Crippen LogP contribution in [-0.2, 0) is 4.74 Å². The van der Waals surface area contributed by atoms with Gasteiger partial charge in [-0.2, -0.15) is 0 Å². The molecular weight excluding hydrogens is 357 g/mol. The first-order valence-electron chi connectivity index (χ1n) is 8.43. The molecule has 7 nitrogen and oxygen atoms in total. The van der Waals surface area contributed by atoms with Crippen molar-refractivity contribution >= 4 is 23.2 Å². The van der Waals surface area contributed by atoms with E-state index in [-0.39, 0.29) is 11.8 Å². The molecule has 0 bridgehead atoms. The molecule has 0 N–H and O–H groups in total. The Morgan fingerprint density at radius 1 is 1.19 bits per heavy atom. The zero-order valence-electron chi connectivity index (χ0n) is 15.3. The van der Waals surface area contributed by atoms with Crippen molar-refractivity contribution in [3.8, 4) is 10.7 Å². The van der Waals surface area contributed by atoms with Crippen molar-refractivity contribution in [3.05, 3.63) is 23.0 Å². The molecule has 3 heterocycles. The smallest absolute Gasteiger partial charge is 0.410 e. The Labute approximate surface area is 155 Å². The standard InChI is InChI=1S/C17H22FN5O2S/c1-11-20-21-15(26-11)14-12(18)5-6-13(19-14)22-7-9-23(10-8-22)16(24)25-17(2,3)4/h5-6H,7-10H2,1-4H3. The molecule has 1 saturated heterocycles. The second-order valence-corrected chi connectivity index (χ2v) is 8.26. The van der Waals surface area contributed by atoms with Crippen LogP contribution in [0, 0.1) is 12.7 Å². The Balaban J connectivity index is 1.69. The maximum absolute atomic E-state index is 14.1.